The van der Waals surface area contributed by atoms with E-state index in [2.05, 4.69) is 100 Å². The van der Waals surface area contributed by atoms with Gasteiger partial charge < -0.3 is 9.47 Å². The SMILES string of the molecule is Fc1ccc2c3c(cccc13)N(c1ccccc1)c1cc3c(cc1-2)c1ccccc1n3-c1ccccc1. The normalized spacial score (nSPS) is 12.4. The average molecular weight is 477 g/mol. The topological polar surface area (TPSA) is 8.17 Å². The minimum Gasteiger partial charge on any atom is -0.309 e. The summed E-state index contributed by atoms with van der Waals surface area (Å²) in [4.78, 5) is 2.27. The number of hydrogen-bond donors (Lipinski definition) is 0. The van der Waals surface area contributed by atoms with Crippen molar-refractivity contribution in [2.75, 3.05) is 4.90 Å². The highest BCUT2D eigenvalue weighted by Crippen LogP contribution is 2.53. The number of nitrogens with zero attached hydrogens (tertiary/aromatic N) is 2. The lowest BCUT2D eigenvalue weighted by Crippen LogP contribution is -2.15. The molecule has 0 radical (unpaired) electrons. The minimum absolute atomic E-state index is 0.196. The Hall–Kier alpha value is -4.89. The highest BCUT2D eigenvalue weighted by atomic mass is 19.1. The van der Waals surface area contributed by atoms with Crippen molar-refractivity contribution in [1.82, 2.24) is 4.57 Å². The van der Waals surface area contributed by atoms with Crippen LogP contribution in [0, 0.1) is 5.82 Å². The first-order valence-corrected chi connectivity index (χ1v) is 12.5. The van der Waals surface area contributed by atoms with Gasteiger partial charge in [0.05, 0.1) is 22.4 Å². The van der Waals surface area contributed by atoms with E-state index in [0.717, 1.165) is 44.8 Å². The van der Waals surface area contributed by atoms with Crippen LogP contribution in [-0.4, -0.2) is 4.57 Å². The molecule has 37 heavy (non-hydrogen) atoms. The lowest BCUT2D eigenvalue weighted by Gasteiger charge is -2.33. The molecule has 0 amide bonds. The molecule has 0 atom stereocenters. The van der Waals surface area contributed by atoms with Crippen LogP contribution in [0.3, 0.4) is 0 Å². The lowest BCUT2D eigenvalue weighted by molar-refractivity contribution is 0.640. The summed E-state index contributed by atoms with van der Waals surface area (Å²) in [5, 5.41) is 3.98. The van der Waals surface area contributed by atoms with Crippen molar-refractivity contribution in [3.8, 4) is 16.8 Å². The number of halogens is 1. The molecule has 0 aliphatic carbocycles. The first-order chi connectivity index (χ1) is 18.3. The molecule has 0 bridgehead atoms. The molecule has 0 saturated heterocycles. The average Bonchev–Trinajstić information content (AvgIpc) is 3.28. The number of aromatic nitrogens is 1. The Morgan fingerprint density at radius 2 is 1.16 bits per heavy atom. The van der Waals surface area contributed by atoms with Gasteiger partial charge in [0.2, 0.25) is 0 Å². The second-order valence-corrected chi connectivity index (χ2v) is 9.54. The summed E-state index contributed by atoms with van der Waals surface area (Å²) in [6, 6.07) is 43.5. The minimum atomic E-state index is -0.196. The lowest BCUT2D eigenvalue weighted by atomic mass is 9.89. The predicted octanol–water partition coefficient (Wildman–Crippen LogP) is 9.53. The fourth-order valence-corrected chi connectivity index (χ4v) is 6.01. The fourth-order valence-electron chi connectivity index (χ4n) is 6.01. The van der Waals surface area contributed by atoms with Gasteiger partial charge in [-0.3, -0.25) is 0 Å². The number of benzene rings is 6. The summed E-state index contributed by atoms with van der Waals surface area (Å²) in [6.45, 7) is 0. The molecule has 8 rings (SSSR count). The Kier molecular flexibility index (Phi) is 4.15. The fraction of sp³-hybridized carbons (Fsp3) is 0. The van der Waals surface area contributed by atoms with Crippen LogP contribution in [0.5, 0.6) is 0 Å². The van der Waals surface area contributed by atoms with Crippen LogP contribution in [0.2, 0.25) is 0 Å². The maximum Gasteiger partial charge on any atom is 0.131 e. The van der Waals surface area contributed by atoms with Crippen molar-refractivity contribution in [3.63, 3.8) is 0 Å². The Bertz CT molecular complexity index is 1990. The molecule has 0 saturated carbocycles. The van der Waals surface area contributed by atoms with Crippen LogP contribution < -0.4 is 4.90 Å². The summed E-state index contributed by atoms with van der Waals surface area (Å²) in [6.07, 6.45) is 0. The zero-order chi connectivity index (χ0) is 24.5. The van der Waals surface area contributed by atoms with Gasteiger partial charge in [-0.15, -0.1) is 0 Å². The summed E-state index contributed by atoms with van der Waals surface area (Å²) in [5.41, 5.74) is 8.73. The quantitative estimate of drug-likeness (QED) is 0.241. The molecule has 0 unspecified atom stereocenters. The molecule has 3 heteroatoms. The molecule has 1 aromatic heterocycles. The van der Waals surface area contributed by atoms with Crippen molar-refractivity contribution < 1.29 is 4.39 Å². The molecule has 7 aromatic rings. The van der Waals surface area contributed by atoms with Crippen molar-refractivity contribution in [2.24, 2.45) is 0 Å². The third-order valence-electron chi connectivity index (χ3n) is 7.56. The summed E-state index contributed by atoms with van der Waals surface area (Å²) in [5.74, 6) is -0.196. The molecule has 174 valence electrons. The molecule has 0 N–H and O–H groups in total. The second kappa shape index (κ2) is 7.55. The Morgan fingerprint density at radius 3 is 1.97 bits per heavy atom. The third kappa shape index (κ3) is 2.80. The van der Waals surface area contributed by atoms with E-state index >= 15 is 4.39 Å². The second-order valence-electron chi connectivity index (χ2n) is 9.54. The highest BCUT2D eigenvalue weighted by Gasteiger charge is 2.28. The van der Waals surface area contributed by atoms with Crippen molar-refractivity contribution in [3.05, 3.63) is 133 Å². The zero-order valence-electron chi connectivity index (χ0n) is 19.9. The first kappa shape index (κ1) is 20.3. The van der Waals surface area contributed by atoms with E-state index in [1.54, 1.807) is 6.07 Å². The van der Waals surface area contributed by atoms with Crippen molar-refractivity contribution in [2.45, 2.75) is 0 Å². The molecule has 2 heterocycles. The van der Waals surface area contributed by atoms with Crippen LogP contribution in [0.1, 0.15) is 0 Å². The Balaban J connectivity index is 1.56. The van der Waals surface area contributed by atoms with Crippen molar-refractivity contribution in [1.29, 1.82) is 0 Å². The monoisotopic (exact) mass is 476 g/mol. The molecular weight excluding hydrogens is 455 g/mol. The first-order valence-electron chi connectivity index (χ1n) is 12.5. The maximum atomic E-state index is 15.0. The Morgan fingerprint density at radius 1 is 0.459 bits per heavy atom. The van der Waals surface area contributed by atoms with Crippen LogP contribution in [0.25, 0.3) is 49.4 Å². The smallest absolute Gasteiger partial charge is 0.131 e. The van der Waals surface area contributed by atoms with E-state index in [1.165, 1.54) is 16.3 Å². The number of rotatable bonds is 2. The standard InChI is InChI=1S/C34H21FN2/c35-29-19-18-25-28-20-27-24-14-7-8-16-30(24)36(22-10-3-1-4-11-22)32(27)21-33(28)37(23-12-5-2-6-13-23)31-17-9-15-26(29)34(25)31/h1-21H. The summed E-state index contributed by atoms with van der Waals surface area (Å²) >= 11 is 0. The van der Waals surface area contributed by atoms with Crippen molar-refractivity contribution >= 4 is 49.6 Å². The zero-order valence-corrected chi connectivity index (χ0v) is 19.9. The van der Waals surface area contributed by atoms with Gasteiger partial charge in [0, 0.05) is 38.5 Å². The van der Waals surface area contributed by atoms with Gasteiger partial charge in [-0.1, -0.05) is 72.8 Å². The van der Waals surface area contributed by atoms with E-state index in [1.807, 2.05) is 30.3 Å². The molecular formula is C34H21FN2. The van der Waals surface area contributed by atoms with E-state index < -0.39 is 0 Å². The van der Waals surface area contributed by atoms with E-state index in [0.29, 0.717) is 5.39 Å². The molecule has 0 spiro atoms. The molecule has 0 fully saturated rings. The predicted molar refractivity (Wildman–Crippen MR) is 152 cm³/mol. The van der Waals surface area contributed by atoms with E-state index in [9.17, 15) is 0 Å². The molecule has 1 aliphatic heterocycles. The largest absolute Gasteiger partial charge is 0.309 e. The molecule has 2 nitrogen and oxygen atoms in total. The van der Waals surface area contributed by atoms with Crippen LogP contribution in [0.15, 0.2) is 127 Å². The third-order valence-corrected chi connectivity index (χ3v) is 7.56. The number of hydrogen-bond acceptors (Lipinski definition) is 1. The highest BCUT2D eigenvalue weighted by molar-refractivity contribution is 6.19. The Labute approximate surface area is 213 Å². The van der Waals surface area contributed by atoms with Gasteiger partial charge in [-0.2, -0.15) is 0 Å². The van der Waals surface area contributed by atoms with E-state index in [4.69, 9.17) is 0 Å². The van der Waals surface area contributed by atoms with Gasteiger partial charge in [0.1, 0.15) is 5.82 Å². The van der Waals surface area contributed by atoms with Gasteiger partial charge in [-0.05, 0) is 60.2 Å². The number of para-hydroxylation sites is 3. The maximum absolute atomic E-state index is 15.0. The summed E-state index contributed by atoms with van der Waals surface area (Å²) < 4.78 is 17.4. The van der Waals surface area contributed by atoms with Gasteiger partial charge >= 0.3 is 0 Å². The molecule has 6 aromatic carbocycles. The van der Waals surface area contributed by atoms with Crippen LogP contribution in [0.4, 0.5) is 21.5 Å². The number of anilines is 3. The molecule has 1 aliphatic rings. The van der Waals surface area contributed by atoms with Crippen LogP contribution in [-0.2, 0) is 0 Å². The number of fused-ring (bicyclic) bond motifs is 5. The van der Waals surface area contributed by atoms with Gasteiger partial charge in [-0.25, -0.2) is 4.39 Å². The van der Waals surface area contributed by atoms with Gasteiger partial charge in [0.15, 0.2) is 0 Å². The van der Waals surface area contributed by atoms with Crippen LogP contribution >= 0.6 is 0 Å². The van der Waals surface area contributed by atoms with Gasteiger partial charge in [0.25, 0.3) is 0 Å². The van der Waals surface area contributed by atoms with E-state index in [-0.39, 0.29) is 5.82 Å². The summed E-state index contributed by atoms with van der Waals surface area (Å²) in [7, 11) is 0.